The quantitative estimate of drug-likeness (QED) is 0.694. The van der Waals surface area contributed by atoms with Crippen molar-refractivity contribution in [1.82, 2.24) is 0 Å². The van der Waals surface area contributed by atoms with Gasteiger partial charge in [0.05, 0.1) is 6.10 Å². The highest BCUT2D eigenvalue weighted by molar-refractivity contribution is 14.1. The average Bonchev–Trinajstić information content (AvgIpc) is 2.36. The summed E-state index contributed by atoms with van der Waals surface area (Å²) in [6.07, 6.45) is -0.537. The molecule has 1 atom stereocenters. The molecule has 0 spiro atoms. The van der Waals surface area contributed by atoms with Gasteiger partial charge in [-0.25, -0.2) is 8.78 Å². The van der Waals surface area contributed by atoms with Gasteiger partial charge in [-0.15, -0.1) is 0 Å². The van der Waals surface area contributed by atoms with Gasteiger partial charge in [-0.1, -0.05) is 22.0 Å². The number of benzene rings is 2. The van der Waals surface area contributed by atoms with Crippen molar-refractivity contribution < 1.29 is 13.9 Å². The van der Waals surface area contributed by atoms with Crippen molar-refractivity contribution in [2.45, 2.75) is 12.5 Å². The standard InChI is InChI=1S/C14H10BrF2IO/c15-11-3-2-9(18)7-10(11)14(19)6-8-1-4-12(16)13(17)5-8/h1-5,7,14,19H,6H2. The zero-order valence-corrected chi connectivity index (χ0v) is 13.5. The molecule has 0 radical (unpaired) electrons. The van der Waals surface area contributed by atoms with Gasteiger partial charge in [0.1, 0.15) is 0 Å². The predicted octanol–water partition coefficient (Wildman–Crippen LogP) is 4.61. The molecule has 0 amide bonds. The Hall–Kier alpha value is -0.530. The van der Waals surface area contributed by atoms with Crippen molar-refractivity contribution in [3.05, 3.63) is 67.2 Å². The highest BCUT2D eigenvalue weighted by atomic mass is 127. The van der Waals surface area contributed by atoms with Crippen LogP contribution in [0.4, 0.5) is 8.78 Å². The van der Waals surface area contributed by atoms with Crippen LogP contribution < -0.4 is 0 Å². The molecular formula is C14H10BrF2IO. The number of aliphatic hydroxyl groups is 1. The maximum atomic E-state index is 13.1. The maximum Gasteiger partial charge on any atom is 0.159 e. The third-order valence-electron chi connectivity index (χ3n) is 2.73. The molecule has 1 unspecified atom stereocenters. The van der Waals surface area contributed by atoms with Crippen LogP contribution in [0.25, 0.3) is 0 Å². The van der Waals surface area contributed by atoms with Gasteiger partial charge >= 0.3 is 0 Å². The fourth-order valence-corrected chi connectivity index (χ4v) is 2.80. The topological polar surface area (TPSA) is 20.2 Å². The minimum Gasteiger partial charge on any atom is -0.388 e. The first-order valence-corrected chi connectivity index (χ1v) is 7.41. The first kappa shape index (κ1) is 14.9. The van der Waals surface area contributed by atoms with Crippen LogP contribution in [-0.2, 0) is 6.42 Å². The fourth-order valence-electron chi connectivity index (χ4n) is 1.77. The van der Waals surface area contributed by atoms with E-state index in [-0.39, 0.29) is 6.42 Å². The normalized spacial score (nSPS) is 12.5. The second kappa shape index (κ2) is 6.28. The van der Waals surface area contributed by atoms with E-state index in [0.29, 0.717) is 5.56 Å². The molecule has 0 heterocycles. The Morgan fingerprint density at radius 2 is 1.84 bits per heavy atom. The van der Waals surface area contributed by atoms with E-state index in [0.717, 1.165) is 25.7 Å². The predicted molar refractivity (Wildman–Crippen MR) is 81.9 cm³/mol. The molecule has 2 rings (SSSR count). The van der Waals surface area contributed by atoms with Gasteiger partial charge in [0.15, 0.2) is 11.6 Å². The summed E-state index contributed by atoms with van der Waals surface area (Å²) in [6, 6.07) is 9.28. The highest BCUT2D eigenvalue weighted by Crippen LogP contribution is 2.28. The second-order valence-electron chi connectivity index (χ2n) is 4.13. The molecule has 0 bridgehead atoms. The molecule has 19 heavy (non-hydrogen) atoms. The van der Waals surface area contributed by atoms with Crippen LogP contribution in [0.1, 0.15) is 17.2 Å². The van der Waals surface area contributed by atoms with Gasteiger partial charge in [0, 0.05) is 14.5 Å². The van der Waals surface area contributed by atoms with E-state index in [1.165, 1.54) is 6.07 Å². The Morgan fingerprint density at radius 3 is 2.53 bits per heavy atom. The Morgan fingerprint density at radius 1 is 1.11 bits per heavy atom. The van der Waals surface area contributed by atoms with E-state index in [9.17, 15) is 13.9 Å². The minimum absolute atomic E-state index is 0.232. The van der Waals surface area contributed by atoms with Crippen molar-refractivity contribution in [1.29, 1.82) is 0 Å². The smallest absolute Gasteiger partial charge is 0.159 e. The Kier molecular flexibility index (Phi) is 4.92. The third-order valence-corrected chi connectivity index (χ3v) is 4.12. The molecule has 5 heteroatoms. The van der Waals surface area contributed by atoms with Crippen molar-refractivity contribution in [3.63, 3.8) is 0 Å². The summed E-state index contributed by atoms with van der Waals surface area (Å²) in [6.45, 7) is 0. The average molecular weight is 439 g/mol. The molecule has 0 aliphatic rings. The molecule has 1 nitrogen and oxygen atoms in total. The molecule has 0 aliphatic carbocycles. The van der Waals surface area contributed by atoms with Crippen LogP contribution in [0, 0.1) is 15.2 Å². The number of hydrogen-bond acceptors (Lipinski definition) is 1. The Balaban J connectivity index is 2.22. The maximum absolute atomic E-state index is 13.1. The summed E-state index contributed by atoms with van der Waals surface area (Å²) in [5.74, 6) is -1.78. The van der Waals surface area contributed by atoms with Crippen LogP contribution in [0.5, 0.6) is 0 Å². The third kappa shape index (κ3) is 3.73. The van der Waals surface area contributed by atoms with Crippen molar-refractivity contribution in [2.24, 2.45) is 0 Å². The molecular weight excluding hydrogens is 429 g/mol. The number of halogens is 4. The summed E-state index contributed by atoms with van der Waals surface area (Å²) in [7, 11) is 0. The zero-order chi connectivity index (χ0) is 14.0. The first-order valence-electron chi connectivity index (χ1n) is 5.54. The summed E-state index contributed by atoms with van der Waals surface area (Å²) in [4.78, 5) is 0. The molecule has 0 fully saturated rings. The van der Waals surface area contributed by atoms with Gasteiger partial charge in [-0.3, -0.25) is 0 Å². The molecule has 1 N–H and O–H groups in total. The van der Waals surface area contributed by atoms with E-state index in [1.54, 1.807) is 0 Å². The fraction of sp³-hybridized carbons (Fsp3) is 0.143. The molecule has 0 aromatic heterocycles. The first-order chi connectivity index (χ1) is 8.97. The molecule has 0 aliphatic heterocycles. The number of rotatable bonds is 3. The van der Waals surface area contributed by atoms with E-state index in [1.807, 2.05) is 18.2 Å². The van der Waals surface area contributed by atoms with Crippen molar-refractivity contribution in [2.75, 3.05) is 0 Å². The van der Waals surface area contributed by atoms with E-state index in [4.69, 9.17) is 0 Å². The number of hydrogen-bond donors (Lipinski definition) is 1. The molecule has 2 aromatic rings. The largest absolute Gasteiger partial charge is 0.388 e. The summed E-state index contributed by atoms with van der Waals surface area (Å²) in [5, 5.41) is 10.2. The van der Waals surface area contributed by atoms with Crippen LogP contribution in [0.3, 0.4) is 0 Å². The summed E-state index contributed by atoms with van der Waals surface area (Å²) < 4.78 is 27.7. The molecule has 0 saturated carbocycles. The van der Waals surface area contributed by atoms with Gasteiger partial charge in [0.2, 0.25) is 0 Å². The highest BCUT2D eigenvalue weighted by Gasteiger charge is 2.13. The van der Waals surface area contributed by atoms with Crippen molar-refractivity contribution in [3.8, 4) is 0 Å². The molecule has 2 aromatic carbocycles. The van der Waals surface area contributed by atoms with E-state index < -0.39 is 17.7 Å². The lowest BCUT2D eigenvalue weighted by Crippen LogP contribution is -2.04. The lowest BCUT2D eigenvalue weighted by Gasteiger charge is -2.13. The second-order valence-corrected chi connectivity index (χ2v) is 6.23. The minimum atomic E-state index is -0.897. The molecule has 100 valence electrons. The monoisotopic (exact) mass is 438 g/mol. The summed E-state index contributed by atoms with van der Waals surface area (Å²) in [5.41, 5.74) is 1.29. The van der Waals surface area contributed by atoms with Crippen LogP contribution in [0.2, 0.25) is 0 Å². The van der Waals surface area contributed by atoms with Crippen LogP contribution >= 0.6 is 38.5 Å². The number of aliphatic hydroxyl groups excluding tert-OH is 1. The Labute approximate surface area is 131 Å². The molecule has 0 saturated heterocycles. The van der Waals surface area contributed by atoms with E-state index in [2.05, 4.69) is 38.5 Å². The van der Waals surface area contributed by atoms with Gasteiger partial charge in [0.25, 0.3) is 0 Å². The Bertz CT molecular complexity index is 604. The van der Waals surface area contributed by atoms with Crippen LogP contribution in [-0.4, -0.2) is 5.11 Å². The van der Waals surface area contributed by atoms with Crippen LogP contribution in [0.15, 0.2) is 40.9 Å². The van der Waals surface area contributed by atoms with Gasteiger partial charge in [-0.05, 0) is 64.0 Å². The summed E-state index contributed by atoms with van der Waals surface area (Å²) >= 11 is 5.53. The van der Waals surface area contributed by atoms with Gasteiger partial charge in [-0.2, -0.15) is 0 Å². The zero-order valence-electron chi connectivity index (χ0n) is 9.71. The SMILES string of the molecule is OC(Cc1ccc(F)c(F)c1)c1cc(I)ccc1Br. The van der Waals surface area contributed by atoms with Crippen molar-refractivity contribution >= 4 is 38.5 Å². The van der Waals surface area contributed by atoms with E-state index >= 15 is 0 Å². The lowest BCUT2D eigenvalue weighted by molar-refractivity contribution is 0.177. The van der Waals surface area contributed by atoms with Gasteiger partial charge < -0.3 is 5.11 Å². The lowest BCUT2D eigenvalue weighted by atomic mass is 10.0.